The number of pyridine rings is 1. The van der Waals surface area contributed by atoms with Gasteiger partial charge >= 0.3 is 5.97 Å². The minimum absolute atomic E-state index is 0.143. The van der Waals surface area contributed by atoms with Crippen molar-refractivity contribution < 1.29 is 9.53 Å². The van der Waals surface area contributed by atoms with E-state index in [0.29, 0.717) is 5.02 Å². The Bertz CT molecular complexity index is 645. The Labute approximate surface area is 149 Å². The number of ether oxygens (including phenoxy) is 1. The molecule has 1 saturated heterocycles. The van der Waals surface area contributed by atoms with Crippen molar-refractivity contribution >= 4 is 41.1 Å². The number of thioether (sulfide) groups is 2. The van der Waals surface area contributed by atoms with E-state index >= 15 is 0 Å². The molecule has 0 amide bonds. The van der Waals surface area contributed by atoms with Gasteiger partial charge in [0.1, 0.15) is 4.58 Å². The van der Waals surface area contributed by atoms with Crippen LogP contribution in [0.3, 0.4) is 0 Å². The van der Waals surface area contributed by atoms with Crippen molar-refractivity contribution in [2.24, 2.45) is 0 Å². The maximum atomic E-state index is 12.5. The molecule has 120 valence electrons. The highest BCUT2D eigenvalue weighted by atomic mass is 35.5. The summed E-state index contributed by atoms with van der Waals surface area (Å²) in [5, 5.41) is 0.656. The van der Waals surface area contributed by atoms with Gasteiger partial charge in [0.25, 0.3) is 0 Å². The fourth-order valence-corrected chi connectivity index (χ4v) is 5.00. The molecule has 3 rings (SSSR count). The Morgan fingerprint density at radius 1 is 1.17 bits per heavy atom. The second-order valence-corrected chi connectivity index (χ2v) is 8.24. The first-order valence-corrected chi connectivity index (χ1v) is 9.80. The molecule has 1 aromatic carbocycles. The zero-order valence-electron chi connectivity index (χ0n) is 12.4. The lowest BCUT2D eigenvalue weighted by atomic mass is 10.0. The number of esters is 1. The molecular weight excluding hydrogens is 350 g/mol. The summed E-state index contributed by atoms with van der Waals surface area (Å²) in [6.07, 6.45) is 4.12. The lowest BCUT2D eigenvalue weighted by molar-refractivity contribution is -0.145. The lowest BCUT2D eigenvalue weighted by Crippen LogP contribution is -2.23. The zero-order valence-corrected chi connectivity index (χ0v) is 14.7. The van der Waals surface area contributed by atoms with Crippen LogP contribution in [-0.4, -0.2) is 27.0 Å². The largest absolute Gasteiger partial charge is 0.451 e. The first-order valence-electron chi connectivity index (χ1n) is 7.33. The molecule has 1 aromatic heterocycles. The molecule has 0 N–H and O–H groups in total. The summed E-state index contributed by atoms with van der Waals surface area (Å²) in [6.45, 7) is 0. The SMILES string of the molecule is O=C(OC(c1ccc(Cl)cc1)c1cccnc1)C1SCCCS1. The summed E-state index contributed by atoms with van der Waals surface area (Å²) in [5.41, 5.74) is 1.75. The minimum Gasteiger partial charge on any atom is -0.451 e. The van der Waals surface area contributed by atoms with Crippen LogP contribution >= 0.6 is 35.1 Å². The van der Waals surface area contributed by atoms with Gasteiger partial charge in [-0.15, -0.1) is 23.5 Å². The third kappa shape index (κ3) is 4.43. The zero-order chi connectivity index (χ0) is 16.1. The number of rotatable bonds is 4. The maximum absolute atomic E-state index is 12.5. The van der Waals surface area contributed by atoms with Crippen molar-refractivity contribution in [1.82, 2.24) is 4.98 Å². The van der Waals surface area contributed by atoms with E-state index in [0.717, 1.165) is 29.1 Å². The van der Waals surface area contributed by atoms with Crippen LogP contribution < -0.4 is 0 Å². The van der Waals surface area contributed by atoms with E-state index < -0.39 is 6.10 Å². The number of hydrogen-bond donors (Lipinski definition) is 0. The second kappa shape index (κ2) is 8.08. The topological polar surface area (TPSA) is 39.2 Å². The van der Waals surface area contributed by atoms with Crippen LogP contribution in [0.4, 0.5) is 0 Å². The van der Waals surface area contributed by atoms with Gasteiger partial charge in [0.2, 0.25) is 0 Å². The summed E-state index contributed by atoms with van der Waals surface area (Å²) < 4.78 is 5.69. The number of aromatic nitrogens is 1. The molecule has 0 saturated carbocycles. The predicted octanol–water partition coefficient (Wildman–Crippen LogP) is 4.56. The maximum Gasteiger partial charge on any atom is 0.330 e. The fourth-order valence-electron chi connectivity index (χ4n) is 2.29. The van der Waals surface area contributed by atoms with Crippen molar-refractivity contribution in [3.8, 4) is 0 Å². The summed E-state index contributed by atoms with van der Waals surface area (Å²) in [5.74, 6) is 1.83. The Kier molecular flexibility index (Phi) is 5.86. The summed E-state index contributed by atoms with van der Waals surface area (Å²) >= 11 is 9.28. The molecular formula is C17H16ClNO2S2. The number of carbonyl (C=O) groups excluding carboxylic acids is 1. The van der Waals surface area contributed by atoms with Gasteiger partial charge in [0.15, 0.2) is 6.10 Å². The van der Waals surface area contributed by atoms with Crippen LogP contribution in [0.25, 0.3) is 0 Å². The van der Waals surface area contributed by atoms with E-state index in [1.165, 1.54) is 0 Å². The van der Waals surface area contributed by atoms with Crippen LogP contribution in [0.2, 0.25) is 5.02 Å². The first kappa shape index (κ1) is 16.7. The molecule has 1 fully saturated rings. The van der Waals surface area contributed by atoms with Crippen LogP contribution in [0, 0.1) is 0 Å². The van der Waals surface area contributed by atoms with E-state index in [2.05, 4.69) is 4.98 Å². The predicted molar refractivity (Wildman–Crippen MR) is 96.9 cm³/mol. The fraction of sp³-hybridized carbons (Fsp3) is 0.294. The summed E-state index contributed by atoms with van der Waals surface area (Å²) in [7, 11) is 0. The highest BCUT2D eigenvalue weighted by molar-refractivity contribution is 8.18. The van der Waals surface area contributed by atoms with E-state index in [9.17, 15) is 4.79 Å². The van der Waals surface area contributed by atoms with E-state index in [-0.39, 0.29) is 10.6 Å². The molecule has 0 spiro atoms. The summed E-state index contributed by atoms with van der Waals surface area (Å²) in [6, 6.07) is 11.1. The third-order valence-corrected chi connectivity index (χ3v) is 6.52. The molecule has 0 bridgehead atoms. The van der Waals surface area contributed by atoms with Crippen molar-refractivity contribution in [3.63, 3.8) is 0 Å². The van der Waals surface area contributed by atoms with Crippen LogP contribution in [0.5, 0.6) is 0 Å². The van der Waals surface area contributed by atoms with Gasteiger partial charge in [0.05, 0.1) is 0 Å². The number of benzene rings is 1. The average molecular weight is 366 g/mol. The monoisotopic (exact) mass is 365 g/mol. The van der Waals surface area contributed by atoms with Crippen LogP contribution in [0.1, 0.15) is 23.7 Å². The van der Waals surface area contributed by atoms with E-state index in [1.54, 1.807) is 48.1 Å². The molecule has 0 aliphatic carbocycles. The molecule has 0 radical (unpaired) electrons. The van der Waals surface area contributed by atoms with Crippen molar-refractivity contribution in [2.75, 3.05) is 11.5 Å². The minimum atomic E-state index is -0.461. The van der Waals surface area contributed by atoms with Crippen LogP contribution in [0.15, 0.2) is 48.8 Å². The van der Waals surface area contributed by atoms with E-state index in [1.807, 2.05) is 24.3 Å². The standard InChI is InChI=1S/C17H16ClNO2S2/c18-14-6-4-12(5-7-14)15(13-3-1-8-19-11-13)21-16(20)17-22-9-2-10-23-17/h1,3-8,11,15,17H,2,9-10H2. The van der Waals surface area contributed by atoms with Gasteiger partial charge in [-0.05, 0) is 41.7 Å². The van der Waals surface area contributed by atoms with Crippen molar-refractivity contribution in [1.29, 1.82) is 0 Å². The van der Waals surface area contributed by atoms with Gasteiger partial charge in [0, 0.05) is 23.0 Å². The number of nitrogens with zero attached hydrogens (tertiary/aromatic N) is 1. The molecule has 23 heavy (non-hydrogen) atoms. The normalized spacial score (nSPS) is 16.7. The quantitative estimate of drug-likeness (QED) is 0.742. The Hall–Kier alpha value is -1.17. The molecule has 1 atom stereocenters. The van der Waals surface area contributed by atoms with Gasteiger partial charge in [-0.25, -0.2) is 4.79 Å². The Morgan fingerprint density at radius 3 is 2.57 bits per heavy atom. The Morgan fingerprint density at radius 2 is 1.91 bits per heavy atom. The smallest absolute Gasteiger partial charge is 0.330 e. The van der Waals surface area contributed by atoms with Crippen LogP contribution in [-0.2, 0) is 9.53 Å². The molecule has 1 unspecified atom stereocenters. The van der Waals surface area contributed by atoms with Gasteiger partial charge < -0.3 is 4.74 Å². The molecule has 1 aliphatic heterocycles. The molecule has 2 aromatic rings. The number of hydrogen-bond acceptors (Lipinski definition) is 5. The van der Waals surface area contributed by atoms with Gasteiger partial charge in [-0.2, -0.15) is 0 Å². The second-order valence-electron chi connectivity index (χ2n) is 5.08. The highest BCUT2D eigenvalue weighted by Crippen LogP contribution is 2.34. The lowest BCUT2D eigenvalue weighted by Gasteiger charge is -2.24. The van der Waals surface area contributed by atoms with Gasteiger partial charge in [-0.1, -0.05) is 29.8 Å². The number of carbonyl (C=O) groups is 1. The third-order valence-electron chi connectivity index (χ3n) is 3.41. The highest BCUT2D eigenvalue weighted by Gasteiger charge is 2.28. The van der Waals surface area contributed by atoms with E-state index in [4.69, 9.17) is 16.3 Å². The summed E-state index contributed by atoms with van der Waals surface area (Å²) in [4.78, 5) is 16.7. The number of halogens is 1. The Balaban J connectivity index is 1.83. The van der Waals surface area contributed by atoms with Crippen molar-refractivity contribution in [2.45, 2.75) is 17.1 Å². The average Bonchev–Trinajstić information content (AvgIpc) is 2.62. The molecule has 1 aliphatic rings. The molecule has 6 heteroatoms. The van der Waals surface area contributed by atoms with Crippen molar-refractivity contribution in [3.05, 3.63) is 64.9 Å². The molecule has 3 nitrogen and oxygen atoms in total. The molecule has 2 heterocycles. The first-order chi connectivity index (χ1) is 11.2. The van der Waals surface area contributed by atoms with Gasteiger partial charge in [-0.3, -0.25) is 4.98 Å².